The number of anilines is 1. The molecular formula is C18H18N4O3S3. The van der Waals surface area contributed by atoms with Crippen LogP contribution in [0.15, 0.2) is 53.0 Å². The fourth-order valence-electron chi connectivity index (χ4n) is 2.85. The highest BCUT2D eigenvalue weighted by atomic mass is 32.2. The Hall–Kier alpha value is -2.14. The van der Waals surface area contributed by atoms with Crippen LogP contribution in [0.2, 0.25) is 0 Å². The summed E-state index contributed by atoms with van der Waals surface area (Å²) in [5, 5.41) is 5.59. The van der Waals surface area contributed by atoms with Gasteiger partial charge in [0.05, 0.1) is 0 Å². The third-order valence-electron chi connectivity index (χ3n) is 4.33. The van der Waals surface area contributed by atoms with E-state index in [1.165, 1.54) is 16.6 Å². The number of hydrogen-bond acceptors (Lipinski definition) is 6. The first kappa shape index (κ1) is 19.2. The maximum absolute atomic E-state index is 12.7. The highest BCUT2D eigenvalue weighted by molar-refractivity contribution is 7.99. The van der Waals surface area contributed by atoms with Crippen molar-refractivity contribution < 1.29 is 13.2 Å². The lowest BCUT2D eigenvalue weighted by Gasteiger charge is -2.24. The topological polar surface area (TPSA) is 95.2 Å². The fourth-order valence-corrected chi connectivity index (χ4v) is 6.07. The monoisotopic (exact) mass is 434 g/mol. The first-order chi connectivity index (χ1) is 13.5. The molecular weight excluding hydrogens is 416 g/mol. The van der Waals surface area contributed by atoms with E-state index in [0.29, 0.717) is 18.8 Å². The van der Waals surface area contributed by atoms with Gasteiger partial charge in [0.25, 0.3) is 5.91 Å². The van der Waals surface area contributed by atoms with Crippen molar-refractivity contribution in [3.63, 3.8) is 0 Å². The molecule has 0 bridgehead atoms. The molecule has 3 heterocycles. The van der Waals surface area contributed by atoms with Gasteiger partial charge in [0.2, 0.25) is 10.0 Å². The standard InChI is InChI=1S/C18H18N4O3S3/c23-17(21-14-3-1-13(2-4-14)18-19-5-8-27-18)16-11-15(12-20-16)28(24,25)22-6-9-26-10-7-22/h1-5,8,11-12,20H,6-7,9-10H2,(H,21,23). The van der Waals surface area contributed by atoms with Gasteiger partial charge in [-0.05, 0) is 30.3 Å². The van der Waals surface area contributed by atoms with Crippen LogP contribution in [0.5, 0.6) is 0 Å². The van der Waals surface area contributed by atoms with E-state index in [1.807, 2.05) is 17.5 Å². The molecule has 1 amide bonds. The van der Waals surface area contributed by atoms with Crippen molar-refractivity contribution in [1.29, 1.82) is 0 Å². The number of carbonyl (C=O) groups is 1. The van der Waals surface area contributed by atoms with Crippen LogP contribution in [0.1, 0.15) is 10.5 Å². The molecule has 0 radical (unpaired) electrons. The van der Waals surface area contributed by atoms with Crippen LogP contribution in [0.4, 0.5) is 5.69 Å². The lowest BCUT2D eigenvalue weighted by Crippen LogP contribution is -2.37. The zero-order valence-electron chi connectivity index (χ0n) is 14.8. The smallest absolute Gasteiger partial charge is 0.272 e. The predicted molar refractivity (Wildman–Crippen MR) is 112 cm³/mol. The van der Waals surface area contributed by atoms with E-state index in [0.717, 1.165) is 22.1 Å². The summed E-state index contributed by atoms with van der Waals surface area (Å²) < 4.78 is 26.8. The summed E-state index contributed by atoms with van der Waals surface area (Å²) in [6.07, 6.45) is 3.12. The Morgan fingerprint density at radius 1 is 1.18 bits per heavy atom. The molecule has 7 nitrogen and oxygen atoms in total. The van der Waals surface area contributed by atoms with Crippen LogP contribution < -0.4 is 5.32 Å². The molecule has 1 aliphatic heterocycles. The van der Waals surface area contributed by atoms with E-state index in [4.69, 9.17) is 0 Å². The fraction of sp³-hybridized carbons (Fsp3) is 0.222. The van der Waals surface area contributed by atoms with Gasteiger partial charge in [-0.2, -0.15) is 16.1 Å². The minimum absolute atomic E-state index is 0.115. The summed E-state index contributed by atoms with van der Waals surface area (Å²) in [4.78, 5) is 19.6. The molecule has 146 valence electrons. The van der Waals surface area contributed by atoms with E-state index in [-0.39, 0.29) is 10.6 Å². The Kier molecular flexibility index (Phi) is 5.54. The van der Waals surface area contributed by atoms with Gasteiger partial charge in [-0.3, -0.25) is 4.79 Å². The van der Waals surface area contributed by atoms with Crippen LogP contribution in [0, 0.1) is 0 Å². The van der Waals surface area contributed by atoms with Crippen LogP contribution in [0.25, 0.3) is 10.6 Å². The zero-order valence-corrected chi connectivity index (χ0v) is 17.2. The number of thiazole rings is 1. The molecule has 2 aromatic heterocycles. The molecule has 10 heteroatoms. The summed E-state index contributed by atoms with van der Waals surface area (Å²) in [6.45, 7) is 0.982. The quantitative estimate of drug-likeness (QED) is 0.643. The van der Waals surface area contributed by atoms with Crippen LogP contribution in [-0.4, -0.2) is 53.2 Å². The first-order valence-electron chi connectivity index (χ1n) is 8.61. The number of carbonyl (C=O) groups excluding carboxylic acids is 1. The molecule has 3 aromatic rings. The van der Waals surface area contributed by atoms with Gasteiger partial charge in [-0.1, -0.05) is 0 Å². The summed E-state index contributed by atoms with van der Waals surface area (Å²) >= 11 is 3.28. The average Bonchev–Trinajstić information content (AvgIpc) is 3.42. The first-order valence-corrected chi connectivity index (χ1v) is 12.1. The molecule has 2 N–H and O–H groups in total. The molecule has 0 saturated carbocycles. The Bertz CT molecular complexity index is 1050. The second-order valence-electron chi connectivity index (χ2n) is 6.13. The highest BCUT2D eigenvalue weighted by Gasteiger charge is 2.27. The van der Waals surface area contributed by atoms with Gasteiger partial charge in [0.1, 0.15) is 15.6 Å². The lowest BCUT2D eigenvalue weighted by atomic mass is 10.2. The molecule has 1 aromatic carbocycles. The normalized spacial score (nSPS) is 15.4. The number of aromatic nitrogens is 2. The molecule has 0 unspecified atom stereocenters. The Morgan fingerprint density at radius 2 is 1.93 bits per heavy atom. The third-order valence-corrected chi connectivity index (χ3v) is 7.97. The van der Waals surface area contributed by atoms with E-state index in [2.05, 4.69) is 15.3 Å². The maximum atomic E-state index is 12.7. The van der Waals surface area contributed by atoms with Crippen molar-refractivity contribution in [2.75, 3.05) is 29.9 Å². The minimum Gasteiger partial charge on any atom is -0.356 e. The zero-order chi connectivity index (χ0) is 19.6. The summed E-state index contributed by atoms with van der Waals surface area (Å²) in [5.41, 5.74) is 1.80. The number of nitrogens with zero attached hydrogens (tertiary/aromatic N) is 2. The predicted octanol–water partition coefficient (Wildman–Crippen LogP) is 3.13. The van der Waals surface area contributed by atoms with Gasteiger partial charge in [-0.25, -0.2) is 13.4 Å². The lowest BCUT2D eigenvalue weighted by molar-refractivity contribution is 0.102. The van der Waals surface area contributed by atoms with Gasteiger partial charge >= 0.3 is 0 Å². The molecule has 1 fully saturated rings. The van der Waals surface area contributed by atoms with Crippen LogP contribution in [-0.2, 0) is 10.0 Å². The number of amides is 1. The molecule has 1 aliphatic rings. The molecule has 0 aliphatic carbocycles. The maximum Gasteiger partial charge on any atom is 0.272 e. The van der Waals surface area contributed by atoms with Gasteiger partial charge in [0.15, 0.2) is 0 Å². The second-order valence-corrected chi connectivity index (χ2v) is 10.2. The van der Waals surface area contributed by atoms with Crippen LogP contribution >= 0.6 is 23.1 Å². The SMILES string of the molecule is O=C(Nc1ccc(-c2nccs2)cc1)c1cc(S(=O)(=O)N2CCSCC2)c[nH]1. The molecule has 1 saturated heterocycles. The summed E-state index contributed by atoms with van der Waals surface area (Å²) in [6, 6.07) is 8.73. The Morgan fingerprint density at radius 3 is 2.61 bits per heavy atom. The third kappa shape index (κ3) is 4.00. The second kappa shape index (κ2) is 8.08. The van der Waals surface area contributed by atoms with Gasteiger partial charge in [-0.15, -0.1) is 11.3 Å². The number of aromatic amines is 1. The molecule has 0 spiro atoms. The number of nitrogens with one attached hydrogen (secondary N) is 2. The number of rotatable bonds is 5. The Balaban J connectivity index is 1.46. The largest absolute Gasteiger partial charge is 0.356 e. The molecule has 28 heavy (non-hydrogen) atoms. The van der Waals surface area contributed by atoms with E-state index in [1.54, 1.807) is 41.4 Å². The van der Waals surface area contributed by atoms with E-state index >= 15 is 0 Å². The average molecular weight is 435 g/mol. The van der Waals surface area contributed by atoms with Crippen LogP contribution in [0.3, 0.4) is 0 Å². The number of thioether (sulfide) groups is 1. The number of benzene rings is 1. The van der Waals surface area contributed by atoms with Crippen molar-refractivity contribution in [2.45, 2.75) is 4.90 Å². The Labute approximate surface area is 171 Å². The van der Waals surface area contributed by atoms with E-state index in [9.17, 15) is 13.2 Å². The number of sulfonamides is 1. The molecule has 4 rings (SSSR count). The minimum atomic E-state index is -3.58. The van der Waals surface area contributed by atoms with Gasteiger partial charge in [0, 0.05) is 53.6 Å². The van der Waals surface area contributed by atoms with Crippen molar-refractivity contribution in [1.82, 2.24) is 14.3 Å². The number of H-pyrrole nitrogens is 1. The van der Waals surface area contributed by atoms with Crippen molar-refractivity contribution in [3.8, 4) is 10.6 Å². The van der Waals surface area contributed by atoms with Crippen molar-refractivity contribution in [3.05, 3.63) is 53.8 Å². The summed E-state index contributed by atoms with van der Waals surface area (Å²) in [7, 11) is -3.58. The molecule has 0 atom stereocenters. The number of hydrogen-bond donors (Lipinski definition) is 2. The van der Waals surface area contributed by atoms with Crippen molar-refractivity contribution >= 4 is 44.7 Å². The van der Waals surface area contributed by atoms with E-state index < -0.39 is 15.9 Å². The highest BCUT2D eigenvalue weighted by Crippen LogP contribution is 2.24. The summed E-state index contributed by atoms with van der Waals surface area (Å²) in [5.74, 6) is 1.18. The van der Waals surface area contributed by atoms with Crippen molar-refractivity contribution in [2.24, 2.45) is 0 Å². The van der Waals surface area contributed by atoms with Gasteiger partial charge < -0.3 is 10.3 Å².